The summed E-state index contributed by atoms with van der Waals surface area (Å²) in [6.45, 7) is 5.09. The fourth-order valence-electron chi connectivity index (χ4n) is 1.43. The van der Waals surface area contributed by atoms with E-state index >= 15 is 0 Å². The number of hydrogen-bond donors (Lipinski definition) is 0. The summed E-state index contributed by atoms with van der Waals surface area (Å²) in [5.74, 6) is -0.0815. The van der Waals surface area contributed by atoms with Gasteiger partial charge >= 0.3 is 0 Å². The number of rotatable bonds is 6. The van der Waals surface area contributed by atoms with Gasteiger partial charge in [0.2, 0.25) is 5.91 Å². The molecule has 0 bridgehead atoms. The van der Waals surface area contributed by atoms with Crippen LogP contribution < -0.4 is 0 Å². The van der Waals surface area contributed by atoms with Crippen molar-refractivity contribution in [3.8, 4) is 6.07 Å². The normalized spacial score (nSPS) is 16.5. The summed E-state index contributed by atoms with van der Waals surface area (Å²) in [5.41, 5.74) is -0.739. The van der Waals surface area contributed by atoms with Crippen LogP contribution in [0.3, 0.4) is 0 Å². The van der Waals surface area contributed by atoms with Crippen molar-refractivity contribution in [2.24, 2.45) is 5.41 Å². The average molecular weight is 208 g/mol. The van der Waals surface area contributed by atoms with Crippen LogP contribution in [0.5, 0.6) is 0 Å². The van der Waals surface area contributed by atoms with Crippen molar-refractivity contribution >= 4 is 5.91 Å². The number of nitrogens with zero attached hydrogens (tertiary/aromatic N) is 2. The first-order valence-corrected chi connectivity index (χ1v) is 5.00. The molecular formula is C11H16N2O2. The van der Waals surface area contributed by atoms with E-state index in [0.717, 1.165) is 0 Å². The van der Waals surface area contributed by atoms with Gasteiger partial charge < -0.3 is 9.64 Å². The number of amides is 1. The Morgan fingerprint density at radius 2 is 2.40 bits per heavy atom. The van der Waals surface area contributed by atoms with Gasteiger partial charge in [0.05, 0.1) is 12.7 Å². The lowest BCUT2D eigenvalue weighted by molar-refractivity contribution is -0.135. The molecule has 4 nitrogen and oxygen atoms in total. The molecule has 0 atom stereocenters. The van der Waals surface area contributed by atoms with Gasteiger partial charge in [0.1, 0.15) is 5.41 Å². The molecule has 0 aromatic heterocycles. The Morgan fingerprint density at radius 3 is 2.80 bits per heavy atom. The maximum Gasteiger partial charge on any atom is 0.243 e. The Kier molecular flexibility index (Phi) is 3.87. The Hall–Kier alpha value is -1.34. The molecule has 1 aliphatic rings. The van der Waals surface area contributed by atoms with Crippen LogP contribution in [-0.2, 0) is 9.53 Å². The van der Waals surface area contributed by atoms with Gasteiger partial charge in [0, 0.05) is 20.2 Å². The SMILES string of the molecule is C=CCN(CCOC)C(=O)C1(C#N)CC1. The molecule has 15 heavy (non-hydrogen) atoms. The first kappa shape index (κ1) is 11.7. The average Bonchev–Trinajstić information content (AvgIpc) is 3.04. The zero-order valence-corrected chi connectivity index (χ0v) is 9.03. The second-order valence-electron chi connectivity index (χ2n) is 3.73. The predicted octanol–water partition coefficient (Wildman–Crippen LogP) is 0.951. The summed E-state index contributed by atoms with van der Waals surface area (Å²) in [7, 11) is 1.59. The van der Waals surface area contributed by atoms with Gasteiger partial charge in [-0.2, -0.15) is 5.26 Å². The molecule has 0 saturated heterocycles. The Labute approximate surface area is 90.1 Å². The first-order chi connectivity index (χ1) is 7.20. The highest BCUT2D eigenvalue weighted by atomic mass is 16.5. The molecule has 1 saturated carbocycles. The summed E-state index contributed by atoms with van der Waals surface area (Å²) in [6, 6.07) is 2.10. The summed E-state index contributed by atoms with van der Waals surface area (Å²) in [5, 5.41) is 8.91. The van der Waals surface area contributed by atoms with E-state index in [1.165, 1.54) is 0 Å². The van der Waals surface area contributed by atoms with E-state index in [0.29, 0.717) is 32.5 Å². The van der Waals surface area contributed by atoms with E-state index in [9.17, 15) is 4.79 Å². The zero-order valence-electron chi connectivity index (χ0n) is 9.03. The molecule has 0 heterocycles. The molecule has 82 valence electrons. The molecule has 1 rings (SSSR count). The van der Waals surface area contributed by atoms with Crippen molar-refractivity contribution in [2.75, 3.05) is 26.8 Å². The third-order valence-electron chi connectivity index (χ3n) is 2.58. The van der Waals surface area contributed by atoms with Crippen molar-refractivity contribution < 1.29 is 9.53 Å². The summed E-state index contributed by atoms with van der Waals surface area (Å²) >= 11 is 0. The highest BCUT2D eigenvalue weighted by Gasteiger charge is 2.52. The second-order valence-corrected chi connectivity index (χ2v) is 3.73. The molecule has 0 spiro atoms. The van der Waals surface area contributed by atoms with Gasteiger partial charge in [-0.25, -0.2) is 0 Å². The van der Waals surface area contributed by atoms with E-state index in [-0.39, 0.29) is 5.91 Å². The lowest BCUT2D eigenvalue weighted by Crippen LogP contribution is -2.39. The van der Waals surface area contributed by atoms with Gasteiger partial charge in [-0.05, 0) is 12.8 Å². The summed E-state index contributed by atoms with van der Waals surface area (Å²) in [6.07, 6.45) is 3.03. The lowest BCUT2D eigenvalue weighted by atomic mass is 10.1. The van der Waals surface area contributed by atoms with E-state index < -0.39 is 5.41 Å². The van der Waals surface area contributed by atoms with Crippen LogP contribution in [0.2, 0.25) is 0 Å². The van der Waals surface area contributed by atoms with Crippen LogP contribution in [0, 0.1) is 16.7 Å². The maximum absolute atomic E-state index is 12.0. The van der Waals surface area contributed by atoms with E-state index in [2.05, 4.69) is 12.6 Å². The van der Waals surface area contributed by atoms with Crippen molar-refractivity contribution in [1.82, 2.24) is 4.90 Å². The smallest absolute Gasteiger partial charge is 0.243 e. The van der Waals surface area contributed by atoms with Gasteiger partial charge in [0.25, 0.3) is 0 Å². The van der Waals surface area contributed by atoms with Crippen LogP contribution in [0.1, 0.15) is 12.8 Å². The van der Waals surface area contributed by atoms with Crippen LogP contribution in [0.15, 0.2) is 12.7 Å². The quantitative estimate of drug-likeness (QED) is 0.611. The van der Waals surface area contributed by atoms with Gasteiger partial charge in [0.15, 0.2) is 0 Å². The van der Waals surface area contributed by atoms with Gasteiger partial charge in [-0.3, -0.25) is 4.79 Å². The van der Waals surface area contributed by atoms with E-state index in [1.54, 1.807) is 18.1 Å². The fraction of sp³-hybridized carbons (Fsp3) is 0.636. The molecule has 0 aliphatic heterocycles. The maximum atomic E-state index is 12.0. The highest BCUT2D eigenvalue weighted by Crippen LogP contribution is 2.46. The van der Waals surface area contributed by atoms with Crippen LogP contribution in [0.25, 0.3) is 0 Å². The van der Waals surface area contributed by atoms with Crippen molar-refractivity contribution in [1.29, 1.82) is 5.26 Å². The molecule has 0 unspecified atom stereocenters. The molecule has 1 aliphatic carbocycles. The number of hydrogen-bond acceptors (Lipinski definition) is 3. The number of ether oxygens (including phenoxy) is 1. The van der Waals surface area contributed by atoms with Crippen molar-refractivity contribution in [2.45, 2.75) is 12.8 Å². The fourth-order valence-corrected chi connectivity index (χ4v) is 1.43. The first-order valence-electron chi connectivity index (χ1n) is 5.00. The molecule has 1 amide bonds. The third-order valence-corrected chi connectivity index (χ3v) is 2.58. The van der Waals surface area contributed by atoms with E-state index in [1.807, 2.05) is 0 Å². The molecule has 4 heteroatoms. The number of carbonyl (C=O) groups excluding carboxylic acids is 1. The minimum atomic E-state index is -0.739. The summed E-state index contributed by atoms with van der Waals surface area (Å²) in [4.78, 5) is 13.6. The highest BCUT2D eigenvalue weighted by molar-refractivity contribution is 5.88. The van der Waals surface area contributed by atoms with Gasteiger partial charge in [-0.15, -0.1) is 6.58 Å². The van der Waals surface area contributed by atoms with Crippen molar-refractivity contribution in [3.05, 3.63) is 12.7 Å². The van der Waals surface area contributed by atoms with Crippen LogP contribution >= 0.6 is 0 Å². The van der Waals surface area contributed by atoms with E-state index in [4.69, 9.17) is 10.00 Å². The molecule has 0 aromatic carbocycles. The molecule has 0 N–H and O–H groups in total. The Morgan fingerprint density at radius 1 is 1.73 bits per heavy atom. The van der Waals surface area contributed by atoms with Crippen LogP contribution in [0.4, 0.5) is 0 Å². The molecule has 1 fully saturated rings. The second kappa shape index (κ2) is 4.94. The molecule has 0 aromatic rings. The monoisotopic (exact) mass is 208 g/mol. The molecular weight excluding hydrogens is 192 g/mol. The van der Waals surface area contributed by atoms with Gasteiger partial charge in [-0.1, -0.05) is 6.08 Å². The Bertz CT molecular complexity index is 289. The lowest BCUT2D eigenvalue weighted by Gasteiger charge is -2.22. The predicted molar refractivity (Wildman–Crippen MR) is 55.9 cm³/mol. The standard InChI is InChI=1S/C11H16N2O2/c1-3-6-13(7-8-15-2)10(14)11(9-12)4-5-11/h3H,1,4-8H2,2H3. The minimum Gasteiger partial charge on any atom is -0.383 e. The summed E-state index contributed by atoms with van der Waals surface area (Å²) < 4.78 is 4.92. The number of carbonyl (C=O) groups is 1. The Balaban J connectivity index is 2.59. The number of methoxy groups -OCH3 is 1. The van der Waals surface area contributed by atoms with Crippen LogP contribution in [-0.4, -0.2) is 37.6 Å². The minimum absolute atomic E-state index is 0.0815. The zero-order chi connectivity index (χ0) is 11.3. The molecule has 0 radical (unpaired) electrons. The topological polar surface area (TPSA) is 53.3 Å². The van der Waals surface area contributed by atoms with Crippen molar-refractivity contribution in [3.63, 3.8) is 0 Å². The third kappa shape index (κ3) is 2.57. The largest absolute Gasteiger partial charge is 0.383 e. The number of nitriles is 1.